The zero-order chi connectivity index (χ0) is 25.0. The van der Waals surface area contributed by atoms with Gasteiger partial charge in [-0.05, 0) is 47.6 Å². The molecule has 0 radical (unpaired) electrons. The van der Waals surface area contributed by atoms with E-state index in [2.05, 4.69) is 41.7 Å². The number of aliphatic hydroxyl groups is 1. The normalized spacial score (nSPS) is 27.9. The monoisotopic (exact) mass is 499 g/mol. The van der Waals surface area contributed by atoms with Crippen LogP contribution in [0.15, 0.2) is 36.7 Å². The molecule has 3 atom stereocenters. The minimum Gasteiger partial charge on any atom is -0.384 e. The fraction of sp³-hybridized carbons (Fsp3) is 0.519. The summed E-state index contributed by atoms with van der Waals surface area (Å²) in [4.78, 5) is 9.50. The molecule has 2 saturated heterocycles. The lowest BCUT2D eigenvalue weighted by Gasteiger charge is -2.51. The van der Waals surface area contributed by atoms with Gasteiger partial charge in [0.15, 0.2) is 5.82 Å². The molecule has 2 aliphatic rings. The Morgan fingerprint density at radius 3 is 2.51 bits per heavy atom. The number of rotatable bonds is 4. The summed E-state index contributed by atoms with van der Waals surface area (Å²) in [5.41, 5.74) is 3.21. The fourth-order valence-electron chi connectivity index (χ4n) is 6.32. The molecule has 2 N–H and O–H groups in total. The van der Waals surface area contributed by atoms with E-state index in [1.165, 1.54) is 6.20 Å². The molecule has 35 heavy (non-hydrogen) atoms. The van der Waals surface area contributed by atoms with Gasteiger partial charge in [0.05, 0.1) is 22.5 Å². The average molecular weight is 500 g/mol. The second-order valence-corrected chi connectivity index (χ2v) is 12.7. The van der Waals surface area contributed by atoms with Crippen molar-refractivity contribution in [1.29, 1.82) is 0 Å². The van der Waals surface area contributed by atoms with Gasteiger partial charge < -0.3 is 10.1 Å². The Hall–Kier alpha value is -2.29. The summed E-state index contributed by atoms with van der Waals surface area (Å²) in [5.74, 6) is 0.152. The molecule has 1 aromatic carbocycles. The molecule has 1 unspecified atom stereocenters. The average Bonchev–Trinajstić information content (AvgIpc) is 3.22. The third-order valence-electron chi connectivity index (χ3n) is 8.31. The highest BCUT2D eigenvalue weighted by Gasteiger charge is 2.48. The summed E-state index contributed by atoms with van der Waals surface area (Å²) in [6, 6.07) is 8.15. The molecule has 0 spiro atoms. The van der Waals surface area contributed by atoms with Crippen LogP contribution in [0.2, 0.25) is 0 Å². The number of fused-ring (bicyclic) bond motifs is 1. The van der Waals surface area contributed by atoms with Gasteiger partial charge in [0, 0.05) is 43.4 Å². The molecule has 8 heteroatoms. The Bertz CT molecular complexity index is 1330. The summed E-state index contributed by atoms with van der Waals surface area (Å²) in [5, 5.41) is 12.6. The lowest BCUT2D eigenvalue weighted by atomic mass is 9.68. The first-order valence-corrected chi connectivity index (χ1v) is 14.4. The van der Waals surface area contributed by atoms with Gasteiger partial charge in [0.25, 0.3) is 0 Å². The van der Waals surface area contributed by atoms with E-state index in [0.29, 0.717) is 23.9 Å². The smallest absolute Gasteiger partial charge is 0.150 e. The molecule has 188 valence electrons. The minimum atomic E-state index is -2.90. The van der Waals surface area contributed by atoms with Crippen LogP contribution in [-0.4, -0.2) is 59.0 Å². The first-order chi connectivity index (χ1) is 16.6. The summed E-state index contributed by atoms with van der Waals surface area (Å²) in [7, 11) is -2.90. The van der Waals surface area contributed by atoms with Crippen molar-refractivity contribution in [3.05, 3.63) is 53.6 Å². The molecule has 0 bridgehead atoms. The van der Waals surface area contributed by atoms with Gasteiger partial charge in [-0.15, -0.1) is 0 Å². The van der Waals surface area contributed by atoms with E-state index in [0.717, 1.165) is 41.8 Å². The number of nitrogens with one attached hydrogen (secondary N) is 1. The van der Waals surface area contributed by atoms with Crippen molar-refractivity contribution in [2.45, 2.75) is 51.7 Å². The van der Waals surface area contributed by atoms with Crippen molar-refractivity contribution < 1.29 is 17.9 Å². The molecule has 6 nitrogen and oxygen atoms in total. The number of sulfone groups is 1. The van der Waals surface area contributed by atoms with E-state index in [-0.39, 0.29) is 35.2 Å². The Morgan fingerprint density at radius 1 is 1.17 bits per heavy atom. The highest BCUT2D eigenvalue weighted by Crippen LogP contribution is 2.45. The molecule has 0 amide bonds. The van der Waals surface area contributed by atoms with E-state index < -0.39 is 15.4 Å². The number of pyridine rings is 1. The second-order valence-electron chi connectivity index (χ2n) is 10.4. The molecular formula is C27H34FN3O3S. The van der Waals surface area contributed by atoms with Gasteiger partial charge in [-0.25, -0.2) is 17.8 Å². The topological polar surface area (TPSA) is 86.3 Å². The number of nitrogens with zero attached hydrogens (tertiary/aromatic N) is 2. The lowest BCUT2D eigenvalue weighted by Crippen LogP contribution is -2.58. The molecule has 5 rings (SSSR count). The van der Waals surface area contributed by atoms with Crippen LogP contribution in [0, 0.1) is 17.7 Å². The van der Waals surface area contributed by atoms with Crippen molar-refractivity contribution in [2.75, 3.05) is 24.6 Å². The van der Waals surface area contributed by atoms with Gasteiger partial charge >= 0.3 is 0 Å². The number of halogens is 1. The Labute approximate surface area is 206 Å². The third-order valence-corrected chi connectivity index (χ3v) is 10.0. The van der Waals surface area contributed by atoms with Gasteiger partial charge in [0.2, 0.25) is 0 Å². The first-order valence-electron chi connectivity index (χ1n) is 12.6. The van der Waals surface area contributed by atoms with Gasteiger partial charge in [-0.1, -0.05) is 39.0 Å². The SMILES string of the molecule is CCc1cc(-c2ccnc3[nH]cc(F)c23)ccc1C1(O)[C@H](C)CN(C2CCS(=O)(=O)CC2)C[C@@H]1C. The van der Waals surface area contributed by atoms with Crippen LogP contribution >= 0.6 is 0 Å². The minimum absolute atomic E-state index is 0.0179. The number of likely N-dealkylation sites (tertiary alicyclic amines) is 1. The van der Waals surface area contributed by atoms with Crippen LogP contribution < -0.4 is 0 Å². The van der Waals surface area contributed by atoms with Crippen LogP contribution in [0.4, 0.5) is 4.39 Å². The van der Waals surface area contributed by atoms with Crippen molar-refractivity contribution in [2.24, 2.45) is 11.8 Å². The largest absolute Gasteiger partial charge is 0.384 e. The van der Waals surface area contributed by atoms with Crippen LogP contribution in [-0.2, 0) is 21.9 Å². The molecular weight excluding hydrogens is 465 g/mol. The summed E-state index contributed by atoms with van der Waals surface area (Å²) in [6.07, 6.45) is 5.10. The Morgan fingerprint density at radius 2 is 1.86 bits per heavy atom. The zero-order valence-corrected chi connectivity index (χ0v) is 21.4. The number of aryl methyl sites for hydroxylation is 1. The fourth-order valence-corrected chi connectivity index (χ4v) is 7.78. The number of aromatic nitrogens is 2. The Balaban J connectivity index is 1.46. The van der Waals surface area contributed by atoms with Crippen LogP contribution in [0.1, 0.15) is 44.7 Å². The summed E-state index contributed by atoms with van der Waals surface area (Å²) >= 11 is 0. The van der Waals surface area contributed by atoms with E-state index in [1.807, 2.05) is 18.2 Å². The van der Waals surface area contributed by atoms with Crippen LogP contribution in [0.5, 0.6) is 0 Å². The maximum Gasteiger partial charge on any atom is 0.150 e. The van der Waals surface area contributed by atoms with Gasteiger partial charge in [0.1, 0.15) is 15.5 Å². The zero-order valence-electron chi connectivity index (χ0n) is 20.6. The van der Waals surface area contributed by atoms with Crippen molar-refractivity contribution in [3.8, 4) is 11.1 Å². The molecule has 0 saturated carbocycles. The molecule has 2 fully saturated rings. The number of piperidine rings is 1. The standard InChI is InChI=1S/C27H34FN3O3S/c1-4-19-13-20(22-7-10-29-26-25(22)24(28)14-30-26)5-6-23(19)27(32)17(2)15-31(16-18(27)3)21-8-11-35(33,34)12-9-21/h5-7,10,13-14,17-18,21,32H,4,8-9,11-12,15-16H2,1-3H3,(H,29,30)/t17-,18+,27?. The van der Waals surface area contributed by atoms with E-state index in [1.54, 1.807) is 6.20 Å². The number of hydrogen-bond donors (Lipinski definition) is 2. The van der Waals surface area contributed by atoms with E-state index in [9.17, 15) is 17.9 Å². The van der Waals surface area contributed by atoms with E-state index >= 15 is 0 Å². The van der Waals surface area contributed by atoms with Crippen molar-refractivity contribution in [3.63, 3.8) is 0 Å². The molecule has 3 aromatic rings. The molecule has 0 aliphatic carbocycles. The van der Waals surface area contributed by atoms with Crippen LogP contribution in [0.25, 0.3) is 22.2 Å². The summed E-state index contributed by atoms with van der Waals surface area (Å²) < 4.78 is 38.3. The van der Waals surface area contributed by atoms with Gasteiger partial charge in [-0.2, -0.15) is 0 Å². The number of benzene rings is 1. The third kappa shape index (κ3) is 4.19. The maximum atomic E-state index is 14.5. The van der Waals surface area contributed by atoms with Gasteiger partial charge in [-0.3, -0.25) is 4.90 Å². The number of H-pyrrole nitrogens is 1. The molecule has 2 aromatic heterocycles. The van der Waals surface area contributed by atoms with E-state index in [4.69, 9.17) is 0 Å². The van der Waals surface area contributed by atoms with Crippen molar-refractivity contribution in [1.82, 2.24) is 14.9 Å². The van der Waals surface area contributed by atoms with Crippen LogP contribution in [0.3, 0.4) is 0 Å². The summed E-state index contributed by atoms with van der Waals surface area (Å²) in [6.45, 7) is 7.73. The lowest BCUT2D eigenvalue weighted by molar-refractivity contribution is -0.121. The number of hydrogen-bond acceptors (Lipinski definition) is 5. The predicted octanol–water partition coefficient (Wildman–Crippen LogP) is 4.28. The molecule has 4 heterocycles. The van der Waals surface area contributed by atoms with Crippen molar-refractivity contribution >= 4 is 20.9 Å². The first kappa shape index (κ1) is 24.4. The number of aromatic amines is 1. The Kier molecular flexibility index (Phi) is 6.26. The predicted molar refractivity (Wildman–Crippen MR) is 136 cm³/mol. The quantitative estimate of drug-likeness (QED) is 0.560. The second kappa shape index (κ2) is 8.98. The highest BCUT2D eigenvalue weighted by atomic mass is 32.2. The molecule has 2 aliphatic heterocycles. The maximum absolute atomic E-state index is 14.5. The highest BCUT2D eigenvalue weighted by molar-refractivity contribution is 7.91.